The smallest absolute Gasteiger partial charge is 0.244 e. The van der Waals surface area contributed by atoms with Gasteiger partial charge < -0.3 is 15.2 Å². The van der Waals surface area contributed by atoms with Crippen LogP contribution in [0.3, 0.4) is 0 Å². The summed E-state index contributed by atoms with van der Waals surface area (Å²) in [6.45, 7) is 4.56. The lowest BCUT2D eigenvalue weighted by molar-refractivity contribution is 0.305. The predicted octanol–water partition coefficient (Wildman–Crippen LogP) is 5.49. The number of aryl methyl sites for hydroxylation is 2. The second-order valence-corrected chi connectivity index (χ2v) is 8.40. The molecular weight excluding hydrogens is 424 g/mol. The minimum absolute atomic E-state index is 0.0631. The number of aromatic amines is 1. The number of hydrogen-bond acceptors (Lipinski definition) is 5. The molecule has 0 spiro atoms. The second kappa shape index (κ2) is 8.80. The van der Waals surface area contributed by atoms with Crippen molar-refractivity contribution in [1.82, 2.24) is 10.2 Å². The van der Waals surface area contributed by atoms with Gasteiger partial charge in [0.15, 0.2) is 0 Å². The van der Waals surface area contributed by atoms with Crippen molar-refractivity contribution in [3.63, 3.8) is 0 Å². The molecule has 5 rings (SSSR count). The van der Waals surface area contributed by atoms with Crippen molar-refractivity contribution in [2.45, 2.75) is 26.4 Å². The molecule has 1 unspecified atom stereocenters. The number of nitrogens with two attached hydrogens (primary N) is 1. The van der Waals surface area contributed by atoms with Crippen LogP contribution in [0, 0.1) is 25.2 Å². The molecule has 3 aromatic carbocycles. The van der Waals surface area contributed by atoms with Crippen LogP contribution in [0.4, 0.5) is 0 Å². The first-order valence-corrected chi connectivity index (χ1v) is 11.1. The van der Waals surface area contributed by atoms with Crippen LogP contribution in [-0.2, 0) is 6.61 Å². The number of nitrogens with zero attached hydrogens (tertiary/aromatic N) is 2. The lowest BCUT2D eigenvalue weighted by Crippen LogP contribution is -2.21. The highest BCUT2D eigenvalue weighted by atomic mass is 16.5. The van der Waals surface area contributed by atoms with E-state index in [0.717, 1.165) is 33.5 Å². The highest BCUT2D eigenvalue weighted by Gasteiger charge is 2.35. The third kappa shape index (κ3) is 3.89. The summed E-state index contributed by atoms with van der Waals surface area (Å²) >= 11 is 0. The number of fused-ring (bicyclic) bond motifs is 1. The minimum atomic E-state index is -0.439. The summed E-state index contributed by atoms with van der Waals surface area (Å²) in [5.74, 6) is 0.715. The molecule has 1 aliphatic heterocycles. The zero-order chi connectivity index (χ0) is 23.7. The summed E-state index contributed by atoms with van der Waals surface area (Å²) in [4.78, 5) is 0. The Kier molecular flexibility index (Phi) is 5.52. The van der Waals surface area contributed by atoms with Gasteiger partial charge in [-0.2, -0.15) is 5.26 Å². The van der Waals surface area contributed by atoms with Gasteiger partial charge in [-0.3, -0.25) is 5.10 Å². The van der Waals surface area contributed by atoms with E-state index in [9.17, 15) is 5.26 Å². The van der Waals surface area contributed by atoms with E-state index in [0.29, 0.717) is 23.8 Å². The molecule has 34 heavy (non-hydrogen) atoms. The fourth-order valence-electron chi connectivity index (χ4n) is 4.24. The Labute approximate surface area is 198 Å². The summed E-state index contributed by atoms with van der Waals surface area (Å²) in [7, 11) is 0. The standard InChI is InChI=1S/C28H24N4O2/c1-17-10-12-19(13-11-17)26-25-24(23(15-29)27(30)34-28(25)32-31-26)20-8-5-9-22(14-20)33-16-21-7-4-3-6-18(21)2/h3-14,24H,16,30H2,1-2H3,(H,31,32). The third-order valence-electron chi connectivity index (χ3n) is 6.13. The largest absolute Gasteiger partial charge is 0.489 e. The molecule has 6 nitrogen and oxygen atoms in total. The van der Waals surface area contributed by atoms with Crippen LogP contribution in [0.1, 0.15) is 33.7 Å². The summed E-state index contributed by atoms with van der Waals surface area (Å²) in [6.07, 6.45) is 0. The van der Waals surface area contributed by atoms with E-state index in [1.165, 1.54) is 5.56 Å². The molecule has 1 aromatic heterocycles. The van der Waals surface area contributed by atoms with Gasteiger partial charge in [0.1, 0.15) is 24.0 Å². The molecule has 0 bridgehead atoms. The van der Waals surface area contributed by atoms with Gasteiger partial charge in [-0.05, 0) is 42.7 Å². The second-order valence-electron chi connectivity index (χ2n) is 8.40. The Balaban J connectivity index is 1.55. The van der Waals surface area contributed by atoms with Crippen molar-refractivity contribution in [1.29, 1.82) is 5.26 Å². The third-order valence-corrected chi connectivity index (χ3v) is 6.13. The molecule has 1 aliphatic rings. The van der Waals surface area contributed by atoms with Gasteiger partial charge in [-0.1, -0.05) is 66.2 Å². The normalized spacial score (nSPS) is 14.8. The molecule has 0 radical (unpaired) electrons. The number of ether oxygens (including phenoxy) is 2. The molecular formula is C28H24N4O2. The van der Waals surface area contributed by atoms with Crippen LogP contribution >= 0.6 is 0 Å². The fourth-order valence-corrected chi connectivity index (χ4v) is 4.24. The molecule has 6 heteroatoms. The van der Waals surface area contributed by atoms with Crippen molar-refractivity contribution in [2.75, 3.05) is 0 Å². The molecule has 0 saturated heterocycles. The number of aromatic nitrogens is 2. The average Bonchev–Trinajstić information content (AvgIpc) is 3.26. The number of hydrogen-bond donors (Lipinski definition) is 2. The number of benzene rings is 3. The van der Waals surface area contributed by atoms with E-state index >= 15 is 0 Å². The number of allylic oxidation sites excluding steroid dienone is 1. The van der Waals surface area contributed by atoms with Crippen molar-refractivity contribution in [3.8, 4) is 29.0 Å². The predicted molar refractivity (Wildman–Crippen MR) is 130 cm³/mol. The zero-order valence-electron chi connectivity index (χ0n) is 19.0. The quantitative estimate of drug-likeness (QED) is 0.421. The van der Waals surface area contributed by atoms with E-state index in [1.807, 2.05) is 67.6 Å². The topological polar surface area (TPSA) is 97.0 Å². The van der Waals surface area contributed by atoms with Gasteiger partial charge >= 0.3 is 0 Å². The van der Waals surface area contributed by atoms with Gasteiger partial charge in [-0.25, -0.2) is 0 Å². The molecule has 0 fully saturated rings. The Bertz CT molecular complexity index is 1430. The zero-order valence-corrected chi connectivity index (χ0v) is 19.0. The van der Waals surface area contributed by atoms with E-state index < -0.39 is 5.92 Å². The van der Waals surface area contributed by atoms with Crippen LogP contribution in [0.5, 0.6) is 11.6 Å². The first-order chi connectivity index (χ1) is 16.5. The number of nitriles is 1. The molecule has 3 N–H and O–H groups in total. The fraction of sp³-hybridized carbons (Fsp3) is 0.143. The monoisotopic (exact) mass is 448 g/mol. The molecule has 2 heterocycles. The van der Waals surface area contributed by atoms with E-state index in [-0.39, 0.29) is 5.88 Å². The van der Waals surface area contributed by atoms with E-state index in [2.05, 4.69) is 35.3 Å². The van der Waals surface area contributed by atoms with Crippen molar-refractivity contribution >= 4 is 0 Å². The highest BCUT2D eigenvalue weighted by molar-refractivity contribution is 5.71. The molecule has 0 saturated carbocycles. The van der Waals surface area contributed by atoms with Gasteiger partial charge in [0.05, 0.1) is 17.2 Å². The van der Waals surface area contributed by atoms with Gasteiger partial charge in [-0.15, -0.1) is 5.10 Å². The first kappa shape index (κ1) is 21.4. The maximum Gasteiger partial charge on any atom is 0.244 e. The SMILES string of the molecule is Cc1ccc(-c2[nH]nc3c2C(c2cccc(OCc4ccccc4C)c2)C(C#N)=C(N)O3)cc1. The lowest BCUT2D eigenvalue weighted by atomic mass is 9.83. The maximum absolute atomic E-state index is 9.98. The first-order valence-electron chi connectivity index (χ1n) is 11.1. The van der Waals surface area contributed by atoms with Crippen molar-refractivity contribution in [3.05, 3.63) is 112 Å². The average molecular weight is 449 g/mol. The van der Waals surface area contributed by atoms with E-state index in [4.69, 9.17) is 15.2 Å². The van der Waals surface area contributed by atoms with Crippen LogP contribution in [0.2, 0.25) is 0 Å². The Hall–Kier alpha value is -4.50. The molecule has 1 atom stereocenters. The van der Waals surface area contributed by atoms with Gasteiger partial charge in [0.25, 0.3) is 0 Å². The Morgan fingerprint density at radius 1 is 1.06 bits per heavy atom. The van der Waals surface area contributed by atoms with Crippen LogP contribution in [0.15, 0.2) is 84.3 Å². The molecule has 168 valence electrons. The summed E-state index contributed by atoms with van der Waals surface area (Å²) in [5.41, 5.74) is 13.4. The lowest BCUT2D eigenvalue weighted by Gasteiger charge is -2.24. The number of H-pyrrole nitrogens is 1. The summed E-state index contributed by atoms with van der Waals surface area (Å²) < 4.78 is 11.8. The van der Waals surface area contributed by atoms with Gasteiger partial charge in [0, 0.05) is 5.56 Å². The molecule has 4 aromatic rings. The minimum Gasteiger partial charge on any atom is -0.489 e. The summed E-state index contributed by atoms with van der Waals surface area (Å²) in [6, 6.07) is 26.3. The number of nitrogens with one attached hydrogen (secondary N) is 1. The Morgan fingerprint density at radius 2 is 1.85 bits per heavy atom. The van der Waals surface area contributed by atoms with Crippen molar-refractivity contribution in [2.24, 2.45) is 5.73 Å². The summed E-state index contributed by atoms with van der Waals surface area (Å²) in [5, 5.41) is 17.4. The Morgan fingerprint density at radius 3 is 2.62 bits per heavy atom. The van der Waals surface area contributed by atoms with Crippen molar-refractivity contribution < 1.29 is 9.47 Å². The molecule has 0 amide bonds. The van der Waals surface area contributed by atoms with Crippen LogP contribution in [0.25, 0.3) is 11.3 Å². The highest BCUT2D eigenvalue weighted by Crippen LogP contribution is 2.46. The number of rotatable bonds is 5. The van der Waals surface area contributed by atoms with E-state index in [1.54, 1.807) is 0 Å². The van der Waals surface area contributed by atoms with Crippen LogP contribution < -0.4 is 15.2 Å². The van der Waals surface area contributed by atoms with Crippen LogP contribution in [-0.4, -0.2) is 10.2 Å². The molecule has 0 aliphatic carbocycles. The maximum atomic E-state index is 9.98. The van der Waals surface area contributed by atoms with Gasteiger partial charge in [0.2, 0.25) is 11.8 Å².